The number of nitrogens with one attached hydrogen (secondary N) is 2. The summed E-state index contributed by atoms with van der Waals surface area (Å²) in [6.07, 6.45) is -3.59. The molecule has 2 heterocycles. The van der Waals surface area contributed by atoms with Crippen LogP contribution in [0.25, 0.3) is 0 Å². The van der Waals surface area contributed by atoms with E-state index >= 15 is 0 Å². The summed E-state index contributed by atoms with van der Waals surface area (Å²) in [6.45, 7) is 4.86. The summed E-state index contributed by atoms with van der Waals surface area (Å²) in [5, 5.41) is 6.62. The molecule has 1 atom stereocenters. The summed E-state index contributed by atoms with van der Waals surface area (Å²) in [5.41, 5.74) is 1.07. The van der Waals surface area contributed by atoms with Gasteiger partial charge in [0.25, 0.3) is 0 Å². The van der Waals surface area contributed by atoms with E-state index in [4.69, 9.17) is 0 Å². The van der Waals surface area contributed by atoms with Crippen LogP contribution in [0.15, 0.2) is 18.2 Å². The molecule has 3 rings (SSSR count). The van der Waals surface area contributed by atoms with E-state index in [9.17, 15) is 13.2 Å². The molecule has 0 bridgehead atoms. The number of piperazine rings is 1. The molecular formula is C14H18F3N3. The van der Waals surface area contributed by atoms with Crippen molar-refractivity contribution in [3.63, 3.8) is 0 Å². The first-order valence-electron chi connectivity index (χ1n) is 6.92. The van der Waals surface area contributed by atoms with E-state index in [1.807, 2.05) is 0 Å². The second kappa shape index (κ2) is 5.26. The molecule has 110 valence electrons. The van der Waals surface area contributed by atoms with Gasteiger partial charge in [-0.2, -0.15) is 13.2 Å². The molecule has 1 fully saturated rings. The standard InChI is InChI=1S/C14H18F3N3/c15-14(16,17)11-1-2-13-10(7-11)8-12(19-13)9-20-5-3-18-4-6-20/h1-2,7,12,18-19H,3-6,8-9H2. The molecule has 1 aromatic rings. The quantitative estimate of drug-likeness (QED) is 0.869. The Bertz CT molecular complexity index is 481. The fraction of sp³-hybridized carbons (Fsp3) is 0.571. The van der Waals surface area contributed by atoms with Crippen LogP contribution >= 0.6 is 0 Å². The first-order valence-corrected chi connectivity index (χ1v) is 6.92. The van der Waals surface area contributed by atoms with Crippen molar-refractivity contribution < 1.29 is 13.2 Å². The molecule has 0 aromatic heterocycles. The second-order valence-corrected chi connectivity index (χ2v) is 5.47. The third-order valence-electron chi connectivity index (χ3n) is 3.95. The number of hydrogen-bond donors (Lipinski definition) is 2. The molecule has 0 saturated carbocycles. The highest BCUT2D eigenvalue weighted by molar-refractivity contribution is 5.58. The predicted molar refractivity (Wildman–Crippen MR) is 71.9 cm³/mol. The van der Waals surface area contributed by atoms with Gasteiger partial charge in [0.1, 0.15) is 0 Å². The summed E-state index contributed by atoms with van der Waals surface area (Å²) in [6, 6.07) is 4.20. The van der Waals surface area contributed by atoms with Crippen molar-refractivity contribution in [2.24, 2.45) is 0 Å². The van der Waals surface area contributed by atoms with Gasteiger partial charge in [-0.05, 0) is 30.2 Å². The highest BCUT2D eigenvalue weighted by Gasteiger charge is 2.32. The van der Waals surface area contributed by atoms with Crippen LogP contribution in [-0.2, 0) is 12.6 Å². The van der Waals surface area contributed by atoms with Crippen molar-refractivity contribution in [1.82, 2.24) is 10.2 Å². The molecule has 0 radical (unpaired) electrons. The van der Waals surface area contributed by atoms with Crippen molar-refractivity contribution in [3.8, 4) is 0 Å². The lowest BCUT2D eigenvalue weighted by Crippen LogP contribution is -2.47. The van der Waals surface area contributed by atoms with Gasteiger partial charge in [-0.25, -0.2) is 0 Å². The molecule has 20 heavy (non-hydrogen) atoms. The van der Waals surface area contributed by atoms with Crippen LogP contribution in [-0.4, -0.2) is 43.7 Å². The molecule has 6 heteroatoms. The third-order valence-corrected chi connectivity index (χ3v) is 3.95. The number of nitrogens with zero attached hydrogens (tertiary/aromatic N) is 1. The number of anilines is 1. The summed E-state index contributed by atoms with van der Waals surface area (Å²) < 4.78 is 38.1. The Labute approximate surface area is 116 Å². The highest BCUT2D eigenvalue weighted by Crippen LogP contribution is 2.34. The Kier molecular flexibility index (Phi) is 3.60. The molecule has 1 aromatic carbocycles. The van der Waals surface area contributed by atoms with Gasteiger partial charge in [0.2, 0.25) is 0 Å². The maximum absolute atomic E-state index is 12.7. The van der Waals surface area contributed by atoms with E-state index in [0.717, 1.165) is 50.0 Å². The molecule has 1 saturated heterocycles. The van der Waals surface area contributed by atoms with Gasteiger partial charge in [0, 0.05) is 44.5 Å². The van der Waals surface area contributed by atoms with Gasteiger partial charge < -0.3 is 10.6 Å². The molecule has 0 amide bonds. The van der Waals surface area contributed by atoms with Crippen molar-refractivity contribution in [1.29, 1.82) is 0 Å². The lowest BCUT2D eigenvalue weighted by molar-refractivity contribution is -0.137. The van der Waals surface area contributed by atoms with Gasteiger partial charge in [-0.1, -0.05) is 0 Å². The molecular weight excluding hydrogens is 267 g/mol. The van der Waals surface area contributed by atoms with E-state index in [1.54, 1.807) is 6.07 Å². The maximum Gasteiger partial charge on any atom is 0.416 e. The summed E-state index contributed by atoms with van der Waals surface area (Å²) >= 11 is 0. The average molecular weight is 285 g/mol. The second-order valence-electron chi connectivity index (χ2n) is 5.47. The predicted octanol–water partition coefficient (Wildman–Crippen LogP) is 1.95. The van der Waals surface area contributed by atoms with Gasteiger partial charge in [-0.15, -0.1) is 0 Å². The summed E-state index contributed by atoms with van der Waals surface area (Å²) in [5.74, 6) is 0. The smallest absolute Gasteiger partial charge is 0.380 e. The Balaban J connectivity index is 1.66. The zero-order valence-corrected chi connectivity index (χ0v) is 11.1. The normalized spacial score (nSPS) is 23.4. The number of hydrogen-bond acceptors (Lipinski definition) is 3. The van der Waals surface area contributed by atoms with E-state index in [0.29, 0.717) is 6.42 Å². The van der Waals surface area contributed by atoms with Crippen molar-refractivity contribution in [2.75, 3.05) is 38.0 Å². The topological polar surface area (TPSA) is 27.3 Å². The van der Waals surface area contributed by atoms with Crippen LogP contribution in [0.5, 0.6) is 0 Å². The molecule has 2 aliphatic rings. The van der Waals surface area contributed by atoms with Crippen LogP contribution in [0.4, 0.5) is 18.9 Å². The van der Waals surface area contributed by atoms with Crippen molar-refractivity contribution >= 4 is 5.69 Å². The SMILES string of the molecule is FC(F)(F)c1ccc2c(c1)CC(CN1CCNCC1)N2. The van der Waals surface area contributed by atoms with Crippen LogP contribution in [0.1, 0.15) is 11.1 Å². The minimum absolute atomic E-state index is 0.214. The molecule has 2 aliphatic heterocycles. The molecule has 0 aliphatic carbocycles. The van der Waals surface area contributed by atoms with E-state index in [1.165, 1.54) is 6.07 Å². The van der Waals surface area contributed by atoms with Crippen LogP contribution < -0.4 is 10.6 Å². The maximum atomic E-state index is 12.7. The number of halogens is 3. The minimum Gasteiger partial charge on any atom is -0.380 e. The number of benzene rings is 1. The lowest BCUT2D eigenvalue weighted by Gasteiger charge is -2.29. The summed E-state index contributed by atoms with van der Waals surface area (Å²) in [4.78, 5) is 2.35. The first-order chi connectivity index (χ1) is 9.52. The number of fused-ring (bicyclic) bond motifs is 1. The Hall–Kier alpha value is -1.27. The van der Waals surface area contributed by atoms with Crippen molar-refractivity contribution in [3.05, 3.63) is 29.3 Å². The highest BCUT2D eigenvalue weighted by atomic mass is 19.4. The molecule has 0 spiro atoms. The van der Waals surface area contributed by atoms with Crippen molar-refractivity contribution in [2.45, 2.75) is 18.6 Å². The van der Waals surface area contributed by atoms with Gasteiger partial charge >= 0.3 is 6.18 Å². The molecule has 3 nitrogen and oxygen atoms in total. The lowest BCUT2D eigenvalue weighted by atomic mass is 10.1. The molecule has 1 unspecified atom stereocenters. The van der Waals surface area contributed by atoms with Crippen LogP contribution in [0.2, 0.25) is 0 Å². The van der Waals surface area contributed by atoms with Gasteiger partial charge in [0.15, 0.2) is 0 Å². The zero-order chi connectivity index (χ0) is 14.2. The Morgan fingerprint density at radius 1 is 1.20 bits per heavy atom. The van der Waals surface area contributed by atoms with Crippen LogP contribution in [0, 0.1) is 0 Å². The van der Waals surface area contributed by atoms with E-state index in [-0.39, 0.29) is 6.04 Å². The first kappa shape index (κ1) is 13.7. The zero-order valence-electron chi connectivity index (χ0n) is 11.1. The molecule has 2 N–H and O–H groups in total. The minimum atomic E-state index is -4.26. The Morgan fingerprint density at radius 3 is 2.65 bits per heavy atom. The summed E-state index contributed by atoms with van der Waals surface area (Å²) in [7, 11) is 0. The van der Waals surface area contributed by atoms with Crippen LogP contribution in [0.3, 0.4) is 0 Å². The van der Waals surface area contributed by atoms with Gasteiger partial charge in [0.05, 0.1) is 5.56 Å². The van der Waals surface area contributed by atoms with E-state index in [2.05, 4.69) is 15.5 Å². The fourth-order valence-corrected chi connectivity index (χ4v) is 2.93. The Morgan fingerprint density at radius 2 is 1.95 bits per heavy atom. The average Bonchev–Trinajstić information content (AvgIpc) is 2.80. The largest absolute Gasteiger partial charge is 0.416 e. The van der Waals surface area contributed by atoms with E-state index < -0.39 is 11.7 Å². The number of rotatable bonds is 2. The van der Waals surface area contributed by atoms with Gasteiger partial charge in [-0.3, -0.25) is 4.90 Å². The number of alkyl halides is 3. The fourth-order valence-electron chi connectivity index (χ4n) is 2.93. The third kappa shape index (κ3) is 2.91. The monoisotopic (exact) mass is 285 g/mol.